The Kier molecular flexibility index (Phi) is 5.41. The molecule has 0 aliphatic carbocycles. The highest BCUT2D eigenvalue weighted by atomic mass is 79.9. The molecule has 2 aromatic rings. The first-order valence-electron chi connectivity index (χ1n) is 7.19. The quantitative estimate of drug-likeness (QED) is 0.784. The predicted molar refractivity (Wildman–Crippen MR) is 91.3 cm³/mol. The second-order valence-electron chi connectivity index (χ2n) is 5.16. The van der Waals surface area contributed by atoms with E-state index in [1.165, 1.54) is 17.5 Å². The monoisotopic (exact) mass is 342 g/mol. The van der Waals surface area contributed by atoms with Crippen molar-refractivity contribution in [2.45, 2.75) is 32.7 Å². The number of hydrogen-bond acceptors (Lipinski definition) is 2. The lowest BCUT2D eigenvalue weighted by Gasteiger charge is -2.17. The lowest BCUT2D eigenvalue weighted by molar-refractivity contribution is 0.875. The van der Waals surface area contributed by atoms with Gasteiger partial charge in [0.15, 0.2) is 0 Å². The summed E-state index contributed by atoms with van der Waals surface area (Å²) in [7, 11) is 0. The molecule has 2 rings (SSSR count). The Hall–Kier alpha value is -1.79. The van der Waals surface area contributed by atoms with Gasteiger partial charge in [0, 0.05) is 16.2 Å². The zero-order valence-electron chi connectivity index (χ0n) is 12.4. The smallest absolute Gasteiger partial charge is 0.0992 e. The van der Waals surface area contributed by atoms with Gasteiger partial charge in [0.1, 0.15) is 0 Å². The van der Waals surface area contributed by atoms with Crippen molar-refractivity contribution in [2.24, 2.45) is 0 Å². The van der Waals surface area contributed by atoms with Crippen LogP contribution in [0, 0.1) is 11.3 Å². The maximum absolute atomic E-state index is 8.89. The summed E-state index contributed by atoms with van der Waals surface area (Å²) in [4.78, 5) is 0. The average Bonchev–Trinajstić information content (AvgIpc) is 2.50. The number of hydrogen-bond donors (Lipinski definition) is 1. The molecule has 0 bridgehead atoms. The molecule has 1 atom stereocenters. The number of aryl methyl sites for hydroxylation is 1. The fourth-order valence-electron chi connectivity index (χ4n) is 2.28. The molecule has 0 aliphatic rings. The highest BCUT2D eigenvalue weighted by Crippen LogP contribution is 2.27. The van der Waals surface area contributed by atoms with Gasteiger partial charge in [0.2, 0.25) is 0 Å². The van der Waals surface area contributed by atoms with E-state index in [1.807, 2.05) is 18.2 Å². The molecule has 1 unspecified atom stereocenters. The number of anilines is 1. The van der Waals surface area contributed by atoms with Gasteiger partial charge >= 0.3 is 0 Å². The van der Waals surface area contributed by atoms with Crippen molar-refractivity contribution < 1.29 is 0 Å². The van der Waals surface area contributed by atoms with Crippen LogP contribution in [0.15, 0.2) is 46.9 Å². The number of benzene rings is 2. The van der Waals surface area contributed by atoms with Crippen molar-refractivity contribution in [3.05, 3.63) is 63.6 Å². The van der Waals surface area contributed by atoms with Crippen molar-refractivity contribution in [1.82, 2.24) is 0 Å². The summed E-state index contributed by atoms with van der Waals surface area (Å²) in [5, 5.41) is 12.4. The minimum atomic E-state index is 0.213. The third-order valence-electron chi connectivity index (χ3n) is 3.49. The van der Waals surface area contributed by atoms with Gasteiger partial charge in [-0.2, -0.15) is 5.26 Å². The standard InChI is InChI=1S/C18H19BrN2/c1-3-4-14-5-8-16(9-6-14)13(2)21-18-10-7-15(12-20)11-17(18)19/h5-11,13,21H,3-4H2,1-2H3. The van der Waals surface area contributed by atoms with E-state index in [4.69, 9.17) is 5.26 Å². The van der Waals surface area contributed by atoms with Gasteiger partial charge in [0.25, 0.3) is 0 Å². The molecule has 21 heavy (non-hydrogen) atoms. The summed E-state index contributed by atoms with van der Waals surface area (Å²) in [5.74, 6) is 0. The van der Waals surface area contributed by atoms with Gasteiger partial charge < -0.3 is 5.32 Å². The van der Waals surface area contributed by atoms with Gasteiger partial charge in [-0.1, -0.05) is 37.6 Å². The molecule has 0 saturated heterocycles. The molecule has 2 aromatic carbocycles. The zero-order chi connectivity index (χ0) is 15.2. The molecule has 3 heteroatoms. The van der Waals surface area contributed by atoms with Crippen LogP contribution in [0.25, 0.3) is 0 Å². The Labute approximate surface area is 134 Å². The second-order valence-corrected chi connectivity index (χ2v) is 6.02. The molecule has 0 aromatic heterocycles. The maximum atomic E-state index is 8.89. The van der Waals surface area contributed by atoms with Gasteiger partial charge in [-0.05, 0) is 58.6 Å². The summed E-state index contributed by atoms with van der Waals surface area (Å²) in [6, 6.07) is 16.7. The summed E-state index contributed by atoms with van der Waals surface area (Å²) >= 11 is 3.51. The van der Waals surface area contributed by atoms with Crippen molar-refractivity contribution in [2.75, 3.05) is 5.32 Å². The number of nitrogens with one attached hydrogen (secondary N) is 1. The lowest BCUT2D eigenvalue weighted by Crippen LogP contribution is -2.07. The van der Waals surface area contributed by atoms with E-state index in [-0.39, 0.29) is 6.04 Å². The Morgan fingerprint density at radius 2 is 1.90 bits per heavy atom. The maximum Gasteiger partial charge on any atom is 0.0992 e. The van der Waals surface area contributed by atoms with E-state index in [1.54, 1.807) is 0 Å². The SMILES string of the molecule is CCCc1ccc(C(C)Nc2ccc(C#N)cc2Br)cc1. The fourth-order valence-corrected chi connectivity index (χ4v) is 2.77. The van der Waals surface area contributed by atoms with Crippen LogP contribution in [-0.4, -0.2) is 0 Å². The van der Waals surface area contributed by atoms with Crippen molar-refractivity contribution in [3.63, 3.8) is 0 Å². The van der Waals surface area contributed by atoms with Crippen molar-refractivity contribution in [3.8, 4) is 6.07 Å². The van der Waals surface area contributed by atoms with Crippen LogP contribution in [-0.2, 0) is 6.42 Å². The second kappa shape index (κ2) is 7.28. The minimum Gasteiger partial charge on any atom is -0.378 e. The molecule has 0 spiro atoms. The van der Waals surface area contributed by atoms with E-state index >= 15 is 0 Å². The number of nitriles is 1. The third-order valence-corrected chi connectivity index (χ3v) is 4.14. The molecule has 108 valence electrons. The molecule has 2 nitrogen and oxygen atoms in total. The van der Waals surface area contributed by atoms with Gasteiger partial charge in [-0.25, -0.2) is 0 Å². The van der Waals surface area contributed by atoms with Crippen LogP contribution in [0.2, 0.25) is 0 Å². The number of nitrogens with zero attached hydrogens (tertiary/aromatic N) is 1. The fraction of sp³-hybridized carbons (Fsp3) is 0.278. The summed E-state index contributed by atoms with van der Waals surface area (Å²) < 4.78 is 0.913. The number of halogens is 1. The van der Waals surface area contributed by atoms with Crippen molar-refractivity contribution >= 4 is 21.6 Å². The molecule has 0 radical (unpaired) electrons. The van der Waals surface area contributed by atoms with E-state index in [0.717, 1.165) is 16.6 Å². The first-order chi connectivity index (χ1) is 10.1. The first kappa shape index (κ1) is 15.6. The summed E-state index contributed by atoms with van der Waals surface area (Å²) in [6.07, 6.45) is 2.30. The topological polar surface area (TPSA) is 35.8 Å². The summed E-state index contributed by atoms with van der Waals surface area (Å²) in [5.41, 5.74) is 4.29. The molecule has 0 aliphatic heterocycles. The Bertz CT molecular complexity index is 641. The minimum absolute atomic E-state index is 0.213. The molecular weight excluding hydrogens is 324 g/mol. The summed E-state index contributed by atoms with van der Waals surface area (Å²) in [6.45, 7) is 4.33. The van der Waals surface area contributed by atoms with Crippen LogP contribution in [0.4, 0.5) is 5.69 Å². The average molecular weight is 343 g/mol. The van der Waals surface area contributed by atoms with Crippen LogP contribution < -0.4 is 5.32 Å². The first-order valence-corrected chi connectivity index (χ1v) is 7.98. The van der Waals surface area contributed by atoms with Crippen LogP contribution in [0.1, 0.15) is 43.0 Å². The highest BCUT2D eigenvalue weighted by molar-refractivity contribution is 9.10. The lowest BCUT2D eigenvalue weighted by atomic mass is 10.0. The Morgan fingerprint density at radius 1 is 1.19 bits per heavy atom. The highest BCUT2D eigenvalue weighted by Gasteiger charge is 2.08. The van der Waals surface area contributed by atoms with Crippen LogP contribution in [0.3, 0.4) is 0 Å². The molecular formula is C18H19BrN2. The van der Waals surface area contributed by atoms with E-state index in [2.05, 4.69) is 65.4 Å². The Morgan fingerprint density at radius 3 is 2.48 bits per heavy atom. The Balaban J connectivity index is 2.10. The zero-order valence-corrected chi connectivity index (χ0v) is 13.9. The van der Waals surface area contributed by atoms with Gasteiger partial charge in [-0.3, -0.25) is 0 Å². The normalized spacial score (nSPS) is 11.7. The third kappa shape index (κ3) is 4.09. The molecule has 0 saturated carbocycles. The largest absolute Gasteiger partial charge is 0.378 e. The molecule has 0 fully saturated rings. The predicted octanol–water partition coefficient (Wildman–Crippen LogP) is 5.45. The molecule has 0 amide bonds. The van der Waals surface area contributed by atoms with E-state index < -0.39 is 0 Å². The molecule has 0 heterocycles. The molecule has 1 N–H and O–H groups in total. The van der Waals surface area contributed by atoms with E-state index in [0.29, 0.717) is 5.56 Å². The van der Waals surface area contributed by atoms with Gasteiger partial charge in [0.05, 0.1) is 11.6 Å². The van der Waals surface area contributed by atoms with Gasteiger partial charge in [-0.15, -0.1) is 0 Å². The van der Waals surface area contributed by atoms with Crippen molar-refractivity contribution in [1.29, 1.82) is 5.26 Å². The van der Waals surface area contributed by atoms with E-state index in [9.17, 15) is 0 Å². The van der Waals surface area contributed by atoms with Crippen LogP contribution >= 0.6 is 15.9 Å². The van der Waals surface area contributed by atoms with Crippen LogP contribution in [0.5, 0.6) is 0 Å². The number of rotatable bonds is 5.